The summed E-state index contributed by atoms with van der Waals surface area (Å²) >= 11 is 5.86. The number of hydrogen-bond acceptors (Lipinski definition) is 5. The highest BCUT2D eigenvalue weighted by Gasteiger charge is 2.22. The minimum atomic E-state index is -0.451. The van der Waals surface area contributed by atoms with Crippen molar-refractivity contribution in [2.75, 3.05) is 19.6 Å². The molecule has 0 bridgehead atoms. The van der Waals surface area contributed by atoms with Crippen LogP contribution in [0.2, 0.25) is 5.02 Å². The molecule has 1 atom stereocenters. The zero-order valence-corrected chi connectivity index (χ0v) is 14.4. The van der Waals surface area contributed by atoms with Crippen molar-refractivity contribution in [3.05, 3.63) is 35.2 Å². The summed E-state index contributed by atoms with van der Waals surface area (Å²) in [6.45, 7) is 3.05. The van der Waals surface area contributed by atoms with Crippen molar-refractivity contribution in [3.8, 4) is 11.4 Å². The number of amides is 3. The van der Waals surface area contributed by atoms with E-state index in [0.717, 1.165) is 5.56 Å². The molecule has 1 aliphatic rings. The quantitative estimate of drug-likeness (QED) is 0.868. The van der Waals surface area contributed by atoms with Gasteiger partial charge in [0.2, 0.25) is 17.6 Å². The second-order valence-corrected chi connectivity index (χ2v) is 6.16. The van der Waals surface area contributed by atoms with E-state index in [-0.39, 0.29) is 11.9 Å². The summed E-state index contributed by atoms with van der Waals surface area (Å²) in [6.07, 6.45) is 0.295. The first kappa shape index (κ1) is 17.2. The van der Waals surface area contributed by atoms with E-state index < -0.39 is 6.04 Å². The van der Waals surface area contributed by atoms with Crippen LogP contribution in [0.15, 0.2) is 28.8 Å². The van der Waals surface area contributed by atoms with Gasteiger partial charge in [0.25, 0.3) is 0 Å². The van der Waals surface area contributed by atoms with Crippen LogP contribution in [0.1, 0.15) is 25.3 Å². The molecule has 1 saturated heterocycles. The monoisotopic (exact) mass is 363 g/mol. The number of benzene rings is 1. The minimum absolute atomic E-state index is 0.0483. The molecule has 8 nitrogen and oxygen atoms in total. The van der Waals surface area contributed by atoms with Crippen molar-refractivity contribution in [1.29, 1.82) is 0 Å². The second kappa shape index (κ2) is 7.52. The molecule has 25 heavy (non-hydrogen) atoms. The van der Waals surface area contributed by atoms with Gasteiger partial charge in [-0.25, -0.2) is 4.79 Å². The van der Waals surface area contributed by atoms with E-state index >= 15 is 0 Å². The molecule has 1 fully saturated rings. The van der Waals surface area contributed by atoms with E-state index in [1.54, 1.807) is 36.1 Å². The number of carbonyl (C=O) groups is 2. The SMILES string of the molecule is CC(NC(=O)N1CCNC(=O)CC1)c1nc(-c2ccc(Cl)cc2)no1. The standard InChI is InChI=1S/C16H18ClN5O3/c1-10(19-16(24)22-8-6-13(23)18-7-9-22)15-20-14(21-25-15)11-2-4-12(17)5-3-11/h2-5,10H,6-9H2,1H3,(H,18,23)(H,19,24). The highest BCUT2D eigenvalue weighted by molar-refractivity contribution is 6.30. The van der Waals surface area contributed by atoms with Crippen LogP contribution in [0.25, 0.3) is 11.4 Å². The number of hydrogen-bond donors (Lipinski definition) is 2. The Bertz CT molecular complexity index is 761. The lowest BCUT2D eigenvalue weighted by Crippen LogP contribution is -2.42. The maximum atomic E-state index is 12.3. The van der Waals surface area contributed by atoms with Gasteiger partial charge in [0.05, 0.1) is 0 Å². The molecule has 2 aromatic rings. The maximum absolute atomic E-state index is 12.3. The van der Waals surface area contributed by atoms with Gasteiger partial charge in [-0.05, 0) is 31.2 Å². The fraction of sp³-hybridized carbons (Fsp3) is 0.375. The molecule has 1 aromatic carbocycles. The van der Waals surface area contributed by atoms with E-state index in [9.17, 15) is 9.59 Å². The first-order chi connectivity index (χ1) is 12.0. The van der Waals surface area contributed by atoms with E-state index in [2.05, 4.69) is 20.8 Å². The molecule has 1 aliphatic heterocycles. The molecule has 2 N–H and O–H groups in total. The van der Waals surface area contributed by atoms with Gasteiger partial charge in [-0.15, -0.1) is 0 Å². The fourth-order valence-electron chi connectivity index (χ4n) is 2.44. The summed E-state index contributed by atoms with van der Waals surface area (Å²) in [5.74, 6) is 0.688. The molecule has 3 amide bonds. The third kappa shape index (κ3) is 4.27. The van der Waals surface area contributed by atoms with E-state index in [4.69, 9.17) is 16.1 Å². The molecule has 2 heterocycles. The van der Waals surface area contributed by atoms with Crippen molar-refractivity contribution in [2.24, 2.45) is 0 Å². The lowest BCUT2D eigenvalue weighted by Gasteiger charge is -2.21. The maximum Gasteiger partial charge on any atom is 0.318 e. The van der Waals surface area contributed by atoms with Crippen LogP contribution >= 0.6 is 11.6 Å². The summed E-state index contributed by atoms with van der Waals surface area (Å²) < 4.78 is 5.25. The smallest absolute Gasteiger partial charge is 0.318 e. The lowest BCUT2D eigenvalue weighted by molar-refractivity contribution is -0.120. The molecule has 0 saturated carbocycles. The molecule has 9 heteroatoms. The van der Waals surface area contributed by atoms with Crippen molar-refractivity contribution in [2.45, 2.75) is 19.4 Å². The Morgan fingerprint density at radius 3 is 2.88 bits per heavy atom. The Hall–Kier alpha value is -2.61. The summed E-state index contributed by atoms with van der Waals surface area (Å²) in [5, 5.41) is 10.1. The van der Waals surface area contributed by atoms with Gasteiger partial charge in [0.1, 0.15) is 6.04 Å². The number of halogens is 1. The first-order valence-electron chi connectivity index (χ1n) is 7.94. The fourth-order valence-corrected chi connectivity index (χ4v) is 2.56. The summed E-state index contributed by atoms with van der Waals surface area (Å²) in [7, 11) is 0. The van der Waals surface area contributed by atoms with Gasteiger partial charge in [-0.1, -0.05) is 16.8 Å². The first-order valence-corrected chi connectivity index (χ1v) is 8.32. The van der Waals surface area contributed by atoms with Gasteiger partial charge in [-0.3, -0.25) is 4.79 Å². The second-order valence-electron chi connectivity index (χ2n) is 5.72. The highest BCUT2D eigenvalue weighted by atomic mass is 35.5. The predicted octanol–water partition coefficient (Wildman–Crippen LogP) is 1.98. The van der Waals surface area contributed by atoms with Gasteiger partial charge in [-0.2, -0.15) is 4.98 Å². The zero-order chi connectivity index (χ0) is 17.8. The number of carbonyl (C=O) groups excluding carboxylic acids is 2. The van der Waals surface area contributed by atoms with Gasteiger partial charge >= 0.3 is 6.03 Å². The molecular formula is C16H18ClN5O3. The topological polar surface area (TPSA) is 100 Å². The van der Waals surface area contributed by atoms with Gasteiger partial charge < -0.3 is 20.1 Å². The lowest BCUT2D eigenvalue weighted by atomic mass is 10.2. The van der Waals surface area contributed by atoms with E-state index in [1.165, 1.54) is 0 Å². The number of rotatable bonds is 3. The van der Waals surface area contributed by atoms with Crippen molar-refractivity contribution < 1.29 is 14.1 Å². The van der Waals surface area contributed by atoms with Crippen LogP contribution in [0.3, 0.4) is 0 Å². The number of nitrogens with zero attached hydrogens (tertiary/aromatic N) is 3. The normalized spacial score (nSPS) is 16.1. The number of urea groups is 1. The minimum Gasteiger partial charge on any atom is -0.354 e. The molecule has 0 aliphatic carbocycles. The zero-order valence-electron chi connectivity index (χ0n) is 13.7. The summed E-state index contributed by atoms with van der Waals surface area (Å²) in [6, 6.07) is 6.35. The summed E-state index contributed by atoms with van der Waals surface area (Å²) in [5.41, 5.74) is 0.773. The molecule has 0 spiro atoms. The average Bonchev–Trinajstić information content (AvgIpc) is 2.98. The molecular weight excluding hydrogens is 346 g/mol. The van der Waals surface area contributed by atoms with E-state index in [1.807, 2.05) is 0 Å². The Balaban J connectivity index is 1.63. The van der Waals surface area contributed by atoms with Crippen molar-refractivity contribution in [1.82, 2.24) is 25.7 Å². The van der Waals surface area contributed by atoms with Gasteiger partial charge in [0.15, 0.2) is 0 Å². The average molecular weight is 364 g/mol. The van der Waals surface area contributed by atoms with Crippen LogP contribution in [0.5, 0.6) is 0 Å². The van der Waals surface area contributed by atoms with Crippen LogP contribution < -0.4 is 10.6 Å². The Morgan fingerprint density at radius 2 is 2.12 bits per heavy atom. The number of nitrogens with one attached hydrogen (secondary N) is 2. The Kier molecular flexibility index (Phi) is 5.18. The van der Waals surface area contributed by atoms with E-state index in [0.29, 0.717) is 42.8 Å². The van der Waals surface area contributed by atoms with Crippen molar-refractivity contribution in [3.63, 3.8) is 0 Å². The molecule has 0 radical (unpaired) electrons. The van der Waals surface area contributed by atoms with Crippen LogP contribution in [-0.4, -0.2) is 46.6 Å². The van der Waals surface area contributed by atoms with Crippen LogP contribution in [0.4, 0.5) is 4.79 Å². The van der Waals surface area contributed by atoms with Crippen molar-refractivity contribution >= 4 is 23.5 Å². The Morgan fingerprint density at radius 1 is 1.36 bits per heavy atom. The van der Waals surface area contributed by atoms with Crippen LogP contribution in [-0.2, 0) is 4.79 Å². The Labute approximate surface area is 149 Å². The molecule has 1 aromatic heterocycles. The van der Waals surface area contributed by atoms with Gasteiger partial charge in [0, 0.05) is 36.6 Å². The summed E-state index contributed by atoms with van der Waals surface area (Å²) in [4.78, 5) is 29.6. The third-order valence-electron chi connectivity index (χ3n) is 3.85. The molecule has 1 unspecified atom stereocenters. The number of aromatic nitrogens is 2. The molecule has 3 rings (SSSR count). The predicted molar refractivity (Wildman–Crippen MR) is 90.9 cm³/mol. The largest absolute Gasteiger partial charge is 0.354 e. The van der Waals surface area contributed by atoms with Crippen LogP contribution in [0, 0.1) is 0 Å². The highest BCUT2D eigenvalue weighted by Crippen LogP contribution is 2.20. The molecule has 132 valence electrons. The third-order valence-corrected chi connectivity index (χ3v) is 4.11.